The molecule has 2 heteroatoms. The third-order valence-electron chi connectivity index (χ3n) is 5.59. The Morgan fingerprint density at radius 2 is 0.625 bits per heavy atom. The van der Waals surface area contributed by atoms with Crippen LogP contribution in [-0.4, -0.2) is 0 Å². The zero-order valence-electron chi connectivity index (χ0n) is 17.3. The quantitative estimate of drug-likeness (QED) is 0.213. The summed E-state index contributed by atoms with van der Waals surface area (Å²) in [6.45, 7) is 0. The van der Waals surface area contributed by atoms with Gasteiger partial charge in [0.15, 0.2) is 0 Å². The van der Waals surface area contributed by atoms with E-state index in [1.807, 2.05) is 0 Å². The first kappa shape index (κ1) is 20.9. The van der Waals surface area contributed by atoms with Crippen molar-refractivity contribution in [3.63, 3.8) is 0 Å². The minimum absolute atomic E-state index is 1.08. The Balaban J connectivity index is 1.66. The molecule has 5 rings (SSSR count). The van der Waals surface area contributed by atoms with Crippen LogP contribution in [0.1, 0.15) is 0 Å². The first-order valence-corrected chi connectivity index (χ1v) is 12.1. The van der Waals surface area contributed by atoms with E-state index < -0.39 is 0 Å². The van der Waals surface area contributed by atoms with Crippen LogP contribution in [0.3, 0.4) is 0 Å². The van der Waals surface area contributed by atoms with Gasteiger partial charge in [0.1, 0.15) is 0 Å². The molecular weight excluding hydrogens is 520 g/mol. The van der Waals surface area contributed by atoms with Crippen LogP contribution in [0.4, 0.5) is 0 Å². The van der Waals surface area contributed by atoms with Crippen molar-refractivity contribution in [2.24, 2.45) is 0 Å². The summed E-state index contributed by atoms with van der Waals surface area (Å²) >= 11 is 7.11. The number of rotatable bonds is 4. The van der Waals surface area contributed by atoms with Gasteiger partial charge in [0.05, 0.1) is 0 Å². The van der Waals surface area contributed by atoms with Gasteiger partial charge in [-0.05, 0) is 93.0 Å². The molecule has 0 aromatic heterocycles. The van der Waals surface area contributed by atoms with E-state index in [4.69, 9.17) is 0 Å². The van der Waals surface area contributed by atoms with Gasteiger partial charge in [-0.25, -0.2) is 0 Å². The number of hydrogen-bond donors (Lipinski definition) is 0. The summed E-state index contributed by atoms with van der Waals surface area (Å²) in [4.78, 5) is 0. The van der Waals surface area contributed by atoms with Crippen LogP contribution in [0.5, 0.6) is 0 Å². The van der Waals surface area contributed by atoms with Crippen molar-refractivity contribution in [2.45, 2.75) is 0 Å². The maximum atomic E-state index is 3.55. The van der Waals surface area contributed by atoms with Crippen LogP contribution in [0.15, 0.2) is 130 Å². The largest absolute Gasteiger partial charge is 0.0622 e. The standard InChI is InChI=1S/C30H20Br2/c31-29-13-9-22(10-14-29)26-18-27(23-11-15-30(32)16-12-23)20-28(19-26)25-8-4-7-24(17-25)21-5-2-1-3-6-21/h1-20H. The van der Waals surface area contributed by atoms with E-state index in [0.717, 1.165) is 8.95 Å². The highest BCUT2D eigenvalue weighted by Gasteiger charge is 2.09. The highest BCUT2D eigenvalue weighted by atomic mass is 79.9. The molecule has 0 saturated carbocycles. The van der Waals surface area contributed by atoms with E-state index in [0.29, 0.717) is 0 Å². The first-order valence-electron chi connectivity index (χ1n) is 10.5. The lowest BCUT2D eigenvalue weighted by molar-refractivity contribution is 1.54. The topological polar surface area (TPSA) is 0 Å². The minimum atomic E-state index is 1.08. The van der Waals surface area contributed by atoms with Crippen LogP contribution >= 0.6 is 31.9 Å². The van der Waals surface area contributed by atoms with Crippen LogP contribution < -0.4 is 0 Å². The number of halogens is 2. The molecule has 0 heterocycles. The Labute approximate surface area is 205 Å². The maximum absolute atomic E-state index is 3.55. The summed E-state index contributed by atoms with van der Waals surface area (Å²) in [7, 11) is 0. The smallest absolute Gasteiger partial charge is 0.0175 e. The van der Waals surface area contributed by atoms with E-state index in [1.54, 1.807) is 0 Å². The Hall–Kier alpha value is -2.94. The minimum Gasteiger partial charge on any atom is -0.0622 e. The van der Waals surface area contributed by atoms with Crippen LogP contribution in [-0.2, 0) is 0 Å². The molecule has 0 bridgehead atoms. The summed E-state index contributed by atoms with van der Waals surface area (Å²) in [5.74, 6) is 0. The number of hydrogen-bond acceptors (Lipinski definition) is 0. The van der Waals surface area contributed by atoms with Crippen molar-refractivity contribution < 1.29 is 0 Å². The van der Waals surface area contributed by atoms with Gasteiger partial charge in [-0.3, -0.25) is 0 Å². The molecule has 0 fully saturated rings. The lowest BCUT2D eigenvalue weighted by Gasteiger charge is -2.13. The average molecular weight is 540 g/mol. The van der Waals surface area contributed by atoms with Crippen molar-refractivity contribution in [3.8, 4) is 44.5 Å². The van der Waals surface area contributed by atoms with Crippen molar-refractivity contribution >= 4 is 31.9 Å². The fourth-order valence-corrected chi connectivity index (χ4v) is 4.45. The Kier molecular flexibility index (Phi) is 6.07. The maximum Gasteiger partial charge on any atom is 0.0175 e. The molecule has 0 N–H and O–H groups in total. The fraction of sp³-hybridized carbons (Fsp3) is 0. The van der Waals surface area contributed by atoms with Crippen LogP contribution in [0.25, 0.3) is 44.5 Å². The van der Waals surface area contributed by atoms with E-state index in [1.165, 1.54) is 44.5 Å². The molecule has 0 spiro atoms. The van der Waals surface area contributed by atoms with Crippen molar-refractivity contribution in [3.05, 3.63) is 130 Å². The zero-order valence-corrected chi connectivity index (χ0v) is 20.5. The van der Waals surface area contributed by atoms with Gasteiger partial charge in [0, 0.05) is 8.95 Å². The Bertz CT molecular complexity index is 1290. The highest BCUT2D eigenvalue weighted by molar-refractivity contribution is 9.10. The summed E-state index contributed by atoms with van der Waals surface area (Å²) in [5.41, 5.74) is 9.69. The second kappa shape index (κ2) is 9.28. The van der Waals surface area contributed by atoms with Crippen molar-refractivity contribution in [1.29, 1.82) is 0 Å². The van der Waals surface area contributed by atoms with Crippen LogP contribution in [0, 0.1) is 0 Å². The van der Waals surface area contributed by atoms with Crippen molar-refractivity contribution in [1.82, 2.24) is 0 Å². The van der Waals surface area contributed by atoms with Crippen molar-refractivity contribution in [2.75, 3.05) is 0 Å². The lowest BCUT2D eigenvalue weighted by atomic mass is 9.92. The molecule has 5 aromatic carbocycles. The summed E-state index contributed by atoms with van der Waals surface area (Å²) in [6, 6.07) is 43.2. The molecule has 0 amide bonds. The number of benzene rings is 5. The third-order valence-corrected chi connectivity index (χ3v) is 6.65. The summed E-state index contributed by atoms with van der Waals surface area (Å²) in [5, 5.41) is 0. The molecule has 0 aliphatic heterocycles. The second-order valence-corrected chi connectivity index (χ2v) is 9.59. The van der Waals surface area contributed by atoms with E-state index >= 15 is 0 Å². The molecule has 0 aliphatic rings. The Morgan fingerprint density at radius 1 is 0.281 bits per heavy atom. The fourth-order valence-electron chi connectivity index (χ4n) is 3.92. The van der Waals surface area contributed by atoms with Gasteiger partial charge in [-0.1, -0.05) is 105 Å². The SMILES string of the molecule is Brc1ccc(-c2cc(-c3ccc(Br)cc3)cc(-c3cccc(-c4ccccc4)c3)c2)cc1. The molecule has 0 unspecified atom stereocenters. The third kappa shape index (κ3) is 4.62. The molecular formula is C30H20Br2. The van der Waals surface area contributed by atoms with Gasteiger partial charge >= 0.3 is 0 Å². The zero-order chi connectivity index (χ0) is 21.9. The van der Waals surface area contributed by atoms with Gasteiger partial charge < -0.3 is 0 Å². The van der Waals surface area contributed by atoms with Gasteiger partial charge in [-0.15, -0.1) is 0 Å². The lowest BCUT2D eigenvalue weighted by Crippen LogP contribution is -1.87. The average Bonchev–Trinajstić information content (AvgIpc) is 2.85. The monoisotopic (exact) mass is 538 g/mol. The van der Waals surface area contributed by atoms with E-state index in [2.05, 4.69) is 153 Å². The predicted molar refractivity (Wildman–Crippen MR) is 144 cm³/mol. The normalized spacial score (nSPS) is 10.8. The molecule has 0 saturated heterocycles. The molecule has 0 atom stereocenters. The molecule has 0 radical (unpaired) electrons. The van der Waals surface area contributed by atoms with Crippen LogP contribution in [0.2, 0.25) is 0 Å². The van der Waals surface area contributed by atoms with E-state index in [9.17, 15) is 0 Å². The van der Waals surface area contributed by atoms with Gasteiger partial charge in [0.25, 0.3) is 0 Å². The first-order chi connectivity index (χ1) is 15.7. The van der Waals surface area contributed by atoms with Gasteiger partial charge in [-0.2, -0.15) is 0 Å². The highest BCUT2D eigenvalue weighted by Crippen LogP contribution is 2.35. The van der Waals surface area contributed by atoms with Gasteiger partial charge in [0.2, 0.25) is 0 Å². The summed E-state index contributed by atoms with van der Waals surface area (Å²) in [6.07, 6.45) is 0. The molecule has 0 aliphatic carbocycles. The predicted octanol–water partition coefficient (Wildman–Crippen LogP) is 9.88. The van der Waals surface area contributed by atoms with E-state index in [-0.39, 0.29) is 0 Å². The summed E-state index contributed by atoms with van der Waals surface area (Å²) < 4.78 is 2.17. The molecule has 32 heavy (non-hydrogen) atoms. The molecule has 154 valence electrons. The molecule has 0 nitrogen and oxygen atoms in total. The molecule has 5 aromatic rings. The Morgan fingerprint density at radius 3 is 1.12 bits per heavy atom. The second-order valence-electron chi connectivity index (χ2n) is 7.76.